The van der Waals surface area contributed by atoms with Crippen LogP contribution in [-0.4, -0.2) is 43.8 Å². The second-order valence-corrected chi connectivity index (χ2v) is 13.1. The van der Waals surface area contributed by atoms with Crippen LogP contribution in [0, 0.1) is 6.92 Å². The van der Waals surface area contributed by atoms with Crippen LogP contribution in [0.3, 0.4) is 0 Å². The van der Waals surface area contributed by atoms with Gasteiger partial charge in [0.1, 0.15) is 12.6 Å². The first-order valence-corrected chi connectivity index (χ1v) is 15.9. The second kappa shape index (κ2) is 13.7. The topological polar surface area (TPSA) is 86.8 Å². The van der Waals surface area contributed by atoms with Crippen molar-refractivity contribution in [2.24, 2.45) is 0 Å². The average molecular weight is 617 g/mol. The summed E-state index contributed by atoms with van der Waals surface area (Å²) in [6, 6.07) is 19.2. The normalized spacial score (nSPS) is 14.7. The maximum Gasteiger partial charge on any atom is 0.264 e. The van der Waals surface area contributed by atoms with E-state index in [2.05, 4.69) is 5.32 Å². The molecule has 0 spiro atoms. The van der Waals surface area contributed by atoms with Gasteiger partial charge >= 0.3 is 0 Å². The summed E-state index contributed by atoms with van der Waals surface area (Å²) in [7, 11) is -4.18. The van der Waals surface area contributed by atoms with Gasteiger partial charge in [-0.1, -0.05) is 90.5 Å². The lowest BCUT2D eigenvalue weighted by Gasteiger charge is -2.33. The lowest BCUT2D eigenvalue weighted by Crippen LogP contribution is -2.53. The van der Waals surface area contributed by atoms with E-state index in [1.807, 2.05) is 31.2 Å². The monoisotopic (exact) mass is 615 g/mol. The number of carbonyl (C=O) groups is 2. The van der Waals surface area contributed by atoms with Crippen molar-refractivity contribution in [1.82, 2.24) is 10.2 Å². The van der Waals surface area contributed by atoms with E-state index in [4.69, 9.17) is 23.2 Å². The summed E-state index contributed by atoms with van der Waals surface area (Å²) in [5, 5.41) is 3.52. The van der Waals surface area contributed by atoms with Crippen molar-refractivity contribution in [2.75, 3.05) is 10.8 Å². The van der Waals surface area contributed by atoms with Gasteiger partial charge in [0.2, 0.25) is 11.8 Å². The maximum absolute atomic E-state index is 14.0. The smallest absolute Gasteiger partial charge is 0.264 e. The highest BCUT2D eigenvalue weighted by Crippen LogP contribution is 2.31. The highest BCUT2D eigenvalue weighted by Gasteiger charge is 2.33. The van der Waals surface area contributed by atoms with E-state index in [9.17, 15) is 18.0 Å². The lowest BCUT2D eigenvalue weighted by atomic mass is 9.95. The molecule has 0 saturated heterocycles. The van der Waals surface area contributed by atoms with Crippen LogP contribution in [0.5, 0.6) is 0 Å². The van der Waals surface area contributed by atoms with Crippen LogP contribution in [0.4, 0.5) is 5.69 Å². The van der Waals surface area contributed by atoms with E-state index in [-0.39, 0.29) is 39.1 Å². The minimum absolute atomic E-state index is 0.0204. The van der Waals surface area contributed by atoms with Gasteiger partial charge in [0.15, 0.2) is 0 Å². The first-order valence-electron chi connectivity index (χ1n) is 13.7. The van der Waals surface area contributed by atoms with E-state index < -0.39 is 28.5 Å². The molecule has 0 unspecified atom stereocenters. The second-order valence-electron chi connectivity index (χ2n) is 10.4. The number of anilines is 1. The molecule has 1 saturated carbocycles. The summed E-state index contributed by atoms with van der Waals surface area (Å²) in [5.74, 6) is -0.785. The fourth-order valence-corrected chi connectivity index (χ4v) is 6.65. The number of amides is 2. The fraction of sp³-hybridized carbons (Fsp3) is 0.355. The average Bonchev–Trinajstić information content (AvgIpc) is 2.97. The summed E-state index contributed by atoms with van der Waals surface area (Å²) >= 11 is 12.4. The lowest BCUT2D eigenvalue weighted by molar-refractivity contribution is -0.139. The van der Waals surface area contributed by atoms with Crippen LogP contribution in [0.25, 0.3) is 0 Å². The molecule has 41 heavy (non-hydrogen) atoms. The van der Waals surface area contributed by atoms with E-state index in [1.54, 1.807) is 25.1 Å². The molecule has 0 aromatic heterocycles. The van der Waals surface area contributed by atoms with Gasteiger partial charge < -0.3 is 10.2 Å². The van der Waals surface area contributed by atoms with Crippen LogP contribution in [0.15, 0.2) is 77.7 Å². The number of halogens is 2. The van der Waals surface area contributed by atoms with Gasteiger partial charge in [-0.15, -0.1) is 0 Å². The Morgan fingerprint density at radius 1 is 0.927 bits per heavy atom. The molecular weight excluding hydrogens is 581 g/mol. The first-order chi connectivity index (χ1) is 19.6. The largest absolute Gasteiger partial charge is 0.352 e. The molecule has 3 aromatic rings. The number of nitrogens with one attached hydrogen (secondary N) is 1. The third kappa shape index (κ3) is 7.82. The minimum Gasteiger partial charge on any atom is -0.352 e. The van der Waals surface area contributed by atoms with Crippen LogP contribution in [-0.2, 0) is 26.2 Å². The molecule has 1 aliphatic carbocycles. The first kappa shape index (κ1) is 30.9. The third-order valence-electron chi connectivity index (χ3n) is 7.39. The predicted molar refractivity (Wildman–Crippen MR) is 164 cm³/mol. The molecule has 0 aliphatic heterocycles. The Labute approximate surface area is 252 Å². The van der Waals surface area contributed by atoms with Gasteiger partial charge in [0.05, 0.1) is 20.6 Å². The molecule has 1 aliphatic rings. The maximum atomic E-state index is 14.0. The standard InChI is InChI=1S/C31H35Cl2N3O4S/c1-22-13-15-24(16-14-22)20-35(23(2)31(38)34-25-9-5-3-6-10-25)30(37)21-36(26-17-18-28(32)29(33)19-26)41(39,40)27-11-7-4-8-12-27/h4,7-8,11-19,23,25H,3,5-6,9-10,20-21H2,1-2H3,(H,34,38)/t23-/m1/s1. The molecule has 3 aromatic carbocycles. The molecular formula is C31H35Cl2N3O4S. The van der Waals surface area contributed by atoms with E-state index in [1.165, 1.54) is 35.2 Å². The highest BCUT2D eigenvalue weighted by molar-refractivity contribution is 7.92. The van der Waals surface area contributed by atoms with Crippen LogP contribution in [0.1, 0.15) is 50.2 Å². The zero-order chi connectivity index (χ0) is 29.6. The van der Waals surface area contributed by atoms with Gasteiger partial charge in [-0.05, 0) is 62.6 Å². The molecule has 218 valence electrons. The molecule has 7 nitrogen and oxygen atoms in total. The number of sulfonamides is 1. The Morgan fingerprint density at radius 3 is 2.22 bits per heavy atom. The van der Waals surface area contributed by atoms with Crippen LogP contribution < -0.4 is 9.62 Å². The zero-order valence-corrected chi connectivity index (χ0v) is 25.6. The molecule has 1 fully saturated rings. The molecule has 10 heteroatoms. The number of benzene rings is 3. The Balaban J connectivity index is 1.68. The van der Waals surface area contributed by atoms with Crippen molar-refractivity contribution >= 4 is 50.7 Å². The Kier molecular flexibility index (Phi) is 10.3. The number of carbonyl (C=O) groups excluding carboxylic acids is 2. The van der Waals surface area contributed by atoms with Gasteiger partial charge in [0, 0.05) is 12.6 Å². The summed E-state index contributed by atoms with van der Waals surface area (Å²) in [5.41, 5.74) is 2.08. The van der Waals surface area contributed by atoms with Gasteiger partial charge in [-0.3, -0.25) is 13.9 Å². The Hall–Kier alpha value is -3.07. The highest BCUT2D eigenvalue weighted by atomic mass is 35.5. The fourth-order valence-electron chi connectivity index (χ4n) is 4.93. The van der Waals surface area contributed by atoms with Gasteiger partial charge in [-0.25, -0.2) is 8.42 Å². The number of hydrogen-bond donors (Lipinski definition) is 1. The number of nitrogens with zero attached hydrogens (tertiary/aromatic N) is 2. The summed E-state index contributed by atoms with van der Waals surface area (Å²) < 4.78 is 28.7. The van der Waals surface area contributed by atoms with Gasteiger partial charge in [-0.2, -0.15) is 0 Å². The van der Waals surface area contributed by atoms with E-state index in [0.717, 1.165) is 47.5 Å². The predicted octanol–water partition coefficient (Wildman–Crippen LogP) is 6.36. The zero-order valence-electron chi connectivity index (χ0n) is 23.2. The third-order valence-corrected chi connectivity index (χ3v) is 9.92. The number of hydrogen-bond acceptors (Lipinski definition) is 4. The summed E-state index contributed by atoms with van der Waals surface area (Å²) in [4.78, 5) is 28.9. The van der Waals surface area contributed by atoms with Crippen molar-refractivity contribution in [3.05, 3.63) is 94.0 Å². The van der Waals surface area contributed by atoms with Crippen molar-refractivity contribution in [3.63, 3.8) is 0 Å². The molecule has 1 N–H and O–H groups in total. The van der Waals surface area contributed by atoms with Crippen molar-refractivity contribution in [2.45, 2.75) is 69.5 Å². The molecule has 2 amide bonds. The summed E-state index contributed by atoms with van der Waals surface area (Å²) in [6.07, 6.45) is 5.08. The summed E-state index contributed by atoms with van der Waals surface area (Å²) in [6.45, 7) is 3.25. The SMILES string of the molecule is Cc1ccc(CN(C(=O)CN(c2ccc(Cl)c(Cl)c2)S(=O)(=O)c2ccccc2)[C@H](C)C(=O)NC2CCCCC2)cc1. The molecule has 1 atom stereocenters. The molecule has 4 rings (SSSR count). The molecule has 0 radical (unpaired) electrons. The number of rotatable bonds is 10. The quantitative estimate of drug-likeness (QED) is 0.287. The van der Waals surface area contributed by atoms with Crippen molar-refractivity contribution in [1.29, 1.82) is 0 Å². The minimum atomic E-state index is -4.18. The molecule has 0 heterocycles. The van der Waals surface area contributed by atoms with Crippen LogP contribution >= 0.6 is 23.2 Å². The van der Waals surface area contributed by atoms with Crippen molar-refractivity contribution < 1.29 is 18.0 Å². The van der Waals surface area contributed by atoms with Crippen LogP contribution in [0.2, 0.25) is 10.0 Å². The van der Waals surface area contributed by atoms with Crippen molar-refractivity contribution in [3.8, 4) is 0 Å². The number of aryl methyl sites for hydroxylation is 1. The van der Waals surface area contributed by atoms with Gasteiger partial charge in [0.25, 0.3) is 10.0 Å². The molecule has 0 bridgehead atoms. The Bertz CT molecular complexity index is 1460. The van der Waals surface area contributed by atoms with E-state index in [0.29, 0.717) is 0 Å². The van der Waals surface area contributed by atoms with E-state index >= 15 is 0 Å². The Morgan fingerprint density at radius 2 is 1.59 bits per heavy atom.